The lowest BCUT2D eigenvalue weighted by Gasteiger charge is -2.53. The predicted molar refractivity (Wildman–Crippen MR) is 197 cm³/mol. The number of amides is 1. The molecule has 5 aliphatic rings. The first kappa shape index (κ1) is 35.0. The third-order valence-corrected chi connectivity index (χ3v) is 12.3. The highest BCUT2D eigenvalue weighted by Crippen LogP contribution is 2.60. The smallest absolute Gasteiger partial charge is 0.339 e. The van der Waals surface area contributed by atoms with Crippen molar-refractivity contribution in [1.29, 1.82) is 0 Å². The molecule has 2 heterocycles. The zero-order valence-electron chi connectivity index (χ0n) is 30.3. The number of ether oxygens (including phenoxy) is 4. The summed E-state index contributed by atoms with van der Waals surface area (Å²) in [5.41, 5.74) is 4.97. The molecule has 0 bridgehead atoms. The van der Waals surface area contributed by atoms with Gasteiger partial charge in [0.15, 0.2) is 0 Å². The minimum absolute atomic E-state index is 0.00182. The number of benzene rings is 3. The lowest BCUT2D eigenvalue weighted by atomic mass is 9.52. The Bertz CT molecular complexity index is 1830. The molecular weight excluding hydrogens is 654 g/mol. The molecule has 7 atom stereocenters. The van der Waals surface area contributed by atoms with Gasteiger partial charge in [-0.3, -0.25) is 4.79 Å². The number of hydrogen-bond acceptors (Lipinski definition) is 7. The maximum atomic E-state index is 14.3. The number of epoxide rings is 1. The van der Waals surface area contributed by atoms with Crippen LogP contribution in [0.25, 0.3) is 6.08 Å². The summed E-state index contributed by atoms with van der Waals surface area (Å²) >= 11 is 0. The zero-order chi connectivity index (χ0) is 36.1. The standard InChI is InChI=1S/C44H49NO7/c1-42(2)27-34-29(18-19-38-43(3,51-38)21-20-35(34)42)24-28-12-10-11-17-33(28)41(48)49-36-25-30(40(47)45-22-23-46)26-37-39(36)52-44(50-37,31-13-6-4-7-14-31)32-15-8-5-9-16-32/h4-17,24,26,34-39,46H,18-23,25,27H2,1-3H3,(H,45,47)/t34-,35-,36-,37-,38?,39+,43-/m1/s1. The van der Waals surface area contributed by atoms with E-state index < -0.39 is 30.1 Å². The van der Waals surface area contributed by atoms with E-state index in [1.807, 2.05) is 84.9 Å². The molecule has 52 heavy (non-hydrogen) atoms. The van der Waals surface area contributed by atoms with E-state index in [-0.39, 0.29) is 36.5 Å². The molecule has 272 valence electrons. The van der Waals surface area contributed by atoms with Crippen molar-refractivity contribution in [3.63, 3.8) is 0 Å². The van der Waals surface area contributed by atoms with Crippen molar-refractivity contribution in [2.75, 3.05) is 13.2 Å². The van der Waals surface area contributed by atoms with Gasteiger partial charge in [-0.1, -0.05) is 104 Å². The Balaban J connectivity index is 1.11. The third kappa shape index (κ3) is 6.44. The Morgan fingerprint density at radius 2 is 1.60 bits per heavy atom. The fourth-order valence-electron chi connectivity index (χ4n) is 9.29. The van der Waals surface area contributed by atoms with Gasteiger partial charge in [0.2, 0.25) is 11.7 Å². The van der Waals surface area contributed by atoms with Crippen LogP contribution in [0.5, 0.6) is 0 Å². The van der Waals surface area contributed by atoms with E-state index in [9.17, 15) is 14.7 Å². The minimum atomic E-state index is -1.29. The molecule has 8 nitrogen and oxygen atoms in total. The normalized spacial score (nSPS) is 32.0. The monoisotopic (exact) mass is 703 g/mol. The van der Waals surface area contributed by atoms with Crippen LogP contribution in [0.15, 0.2) is 102 Å². The SMILES string of the molecule is CC1(C)C[C@@H]2C(=Cc3ccccc3C(=O)O[C@@H]3CC(C(=O)NCCO)=C[C@H]4OC(c5ccccc5)(c5ccccc5)O[C@H]43)CCC3O[C@]3(C)CC[C@H]21. The number of rotatable bonds is 8. The van der Waals surface area contributed by atoms with Gasteiger partial charge in [-0.15, -0.1) is 0 Å². The molecule has 8 rings (SSSR count). The van der Waals surface area contributed by atoms with Crippen LogP contribution in [0.3, 0.4) is 0 Å². The molecule has 8 heteroatoms. The third-order valence-electron chi connectivity index (χ3n) is 12.3. The molecule has 2 saturated heterocycles. The van der Waals surface area contributed by atoms with E-state index >= 15 is 0 Å². The van der Waals surface area contributed by atoms with Crippen LogP contribution >= 0.6 is 0 Å². The summed E-state index contributed by atoms with van der Waals surface area (Å²) in [6, 6.07) is 27.1. The van der Waals surface area contributed by atoms with Crippen molar-refractivity contribution in [2.45, 2.75) is 95.1 Å². The average molecular weight is 704 g/mol. The van der Waals surface area contributed by atoms with Gasteiger partial charge < -0.3 is 29.4 Å². The second-order valence-corrected chi connectivity index (χ2v) is 16.0. The summed E-state index contributed by atoms with van der Waals surface area (Å²) in [4.78, 5) is 27.6. The Hall–Kier alpha value is -4.08. The average Bonchev–Trinajstić information content (AvgIpc) is 3.60. The van der Waals surface area contributed by atoms with Gasteiger partial charge >= 0.3 is 5.97 Å². The lowest BCUT2D eigenvalue weighted by Crippen LogP contribution is -2.45. The van der Waals surface area contributed by atoms with Crippen LogP contribution in [-0.2, 0) is 29.5 Å². The molecular formula is C44H49NO7. The zero-order valence-corrected chi connectivity index (χ0v) is 30.3. The summed E-state index contributed by atoms with van der Waals surface area (Å²) in [5.74, 6) is -1.04. The maximum Gasteiger partial charge on any atom is 0.339 e. The van der Waals surface area contributed by atoms with Crippen molar-refractivity contribution in [3.05, 3.63) is 124 Å². The molecule has 0 radical (unpaired) electrons. The number of carbonyl (C=O) groups excluding carboxylic acids is 2. The summed E-state index contributed by atoms with van der Waals surface area (Å²) in [6.45, 7) is 6.94. The quantitative estimate of drug-likeness (QED) is 0.190. The van der Waals surface area contributed by atoms with Gasteiger partial charge in [-0.05, 0) is 74.0 Å². The number of aliphatic hydroxyl groups is 1. The minimum Gasteiger partial charge on any atom is -0.456 e. The van der Waals surface area contributed by atoms with Gasteiger partial charge in [0.25, 0.3) is 0 Å². The summed E-state index contributed by atoms with van der Waals surface area (Å²) in [7, 11) is 0. The van der Waals surface area contributed by atoms with Crippen molar-refractivity contribution < 1.29 is 33.6 Å². The van der Waals surface area contributed by atoms with Crippen LogP contribution in [0.2, 0.25) is 0 Å². The predicted octanol–water partition coefficient (Wildman–Crippen LogP) is 7.11. The van der Waals surface area contributed by atoms with Crippen LogP contribution in [-0.4, -0.2) is 60.2 Å². The van der Waals surface area contributed by atoms with E-state index in [2.05, 4.69) is 32.2 Å². The second kappa shape index (κ2) is 13.7. The van der Waals surface area contributed by atoms with Crippen molar-refractivity contribution >= 4 is 18.0 Å². The number of allylic oxidation sites excluding steroid dienone is 1. The largest absolute Gasteiger partial charge is 0.456 e. The molecule has 2 N–H and O–H groups in total. The molecule has 2 saturated carbocycles. The highest BCUT2D eigenvalue weighted by atomic mass is 16.8. The van der Waals surface area contributed by atoms with E-state index in [1.54, 1.807) is 6.08 Å². The van der Waals surface area contributed by atoms with Crippen molar-refractivity contribution in [1.82, 2.24) is 5.32 Å². The summed E-state index contributed by atoms with van der Waals surface area (Å²) in [5, 5.41) is 12.2. The molecule has 2 aliphatic heterocycles. The van der Waals surface area contributed by atoms with E-state index in [0.29, 0.717) is 29.1 Å². The molecule has 3 aromatic carbocycles. The number of fused-ring (bicyclic) bond motifs is 3. The Morgan fingerprint density at radius 3 is 2.29 bits per heavy atom. The fourth-order valence-corrected chi connectivity index (χ4v) is 9.29. The lowest BCUT2D eigenvalue weighted by molar-refractivity contribution is -0.157. The Morgan fingerprint density at radius 1 is 0.904 bits per heavy atom. The number of aliphatic hydroxyl groups excluding tert-OH is 1. The topological polar surface area (TPSA) is 107 Å². The summed E-state index contributed by atoms with van der Waals surface area (Å²) in [6.07, 6.45) is 7.54. The fraction of sp³-hybridized carbons (Fsp3) is 0.455. The maximum absolute atomic E-state index is 14.3. The summed E-state index contributed by atoms with van der Waals surface area (Å²) < 4.78 is 26.3. The van der Waals surface area contributed by atoms with Crippen LogP contribution in [0, 0.1) is 17.3 Å². The van der Waals surface area contributed by atoms with Crippen molar-refractivity contribution in [3.8, 4) is 0 Å². The van der Waals surface area contributed by atoms with E-state index in [4.69, 9.17) is 18.9 Å². The first-order valence-electron chi connectivity index (χ1n) is 18.8. The molecule has 1 amide bonds. The molecule has 3 aliphatic carbocycles. The molecule has 0 aromatic heterocycles. The van der Waals surface area contributed by atoms with E-state index in [0.717, 1.165) is 48.8 Å². The molecule has 3 aromatic rings. The number of carbonyl (C=O) groups is 2. The molecule has 4 fully saturated rings. The first-order chi connectivity index (χ1) is 25.1. The number of hydrogen-bond donors (Lipinski definition) is 2. The highest BCUT2D eigenvalue weighted by Gasteiger charge is 2.57. The van der Waals surface area contributed by atoms with Gasteiger partial charge in [0, 0.05) is 29.7 Å². The molecule has 1 unspecified atom stereocenters. The van der Waals surface area contributed by atoms with Gasteiger partial charge in [0.05, 0.1) is 23.9 Å². The van der Waals surface area contributed by atoms with Gasteiger partial charge in [-0.25, -0.2) is 4.79 Å². The van der Waals surface area contributed by atoms with Gasteiger partial charge in [-0.2, -0.15) is 0 Å². The Kier molecular flexibility index (Phi) is 9.23. The number of nitrogens with one attached hydrogen (secondary N) is 1. The van der Waals surface area contributed by atoms with Crippen LogP contribution < -0.4 is 5.32 Å². The van der Waals surface area contributed by atoms with Crippen molar-refractivity contribution in [2.24, 2.45) is 17.3 Å². The van der Waals surface area contributed by atoms with Crippen LogP contribution in [0.1, 0.15) is 86.3 Å². The van der Waals surface area contributed by atoms with E-state index in [1.165, 1.54) is 5.57 Å². The van der Waals surface area contributed by atoms with Crippen LogP contribution in [0.4, 0.5) is 0 Å². The Labute approximate surface area is 306 Å². The second-order valence-electron chi connectivity index (χ2n) is 16.0. The van der Waals surface area contributed by atoms with Gasteiger partial charge in [0.1, 0.15) is 18.3 Å². The number of esters is 1. The highest BCUT2D eigenvalue weighted by molar-refractivity contribution is 5.95. The first-order valence-corrected chi connectivity index (χ1v) is 18.8. The molecule has 0 spiro atoms.